The van der Waals surface area contributed by atoms with E-state index in [1.54, 1.807) is 18.9 Å². The molecule has 1 aliphatic heterocycles. The van der Waals surface area contributed by atoms with E-state index >= 15 is 0 Å². The Hall–Kier alpha value is -1.20. The number of rotatable bonds is 3. The first-order valence-corrected chi connectivity index (χ1v) is 7.88. The van der Waals surface area contributed by atoms with E-state index in [0.29, 0.717) is 0 Å². The molecular formula is C15H22N2O2S. The Kier molecular flexibility index (Phi) is 4.60. The molecule has 2 N–H and O–H groups in total. The van der Waals surface area contributed by atoms with Gasteiger partial charge >= 0.3 is 0 Å². The van der Waals surface area contributed by atoms with Gasteiger partial charge in [-0.3, -0.25) is 10.1 Å². The molecule has 2 rings (SSSR count). The summed E-state index contributed by atoms with van der Waals surface area (Å²) in [5, 5.41) is 6.15. The number of carbonyl (C=O) groups is 1. The number of thioether (sulfide) groups is 1. The van der Waals surface area contributed by atoms with Crippen molar-refractivity contribution < 1.29 is 9.53 Å². The molecule has 110 valence electrons. The molecule has 1 amide bonds. The summed E-state index contributed by atoms with van der Waals surface area (Å²) in [5.41, 5.74) is 1.87. The Balaban J connectivity index is 2.18. The third-order valence-electron chi connectivity index (χ3n) is 3.31. The molecule has 1 aliphatic rings. The molecule has 1 aromatic rings. The molecule has 4 nitrogen and oxygen atoms in total. The minimum absolute atomic E-state index is 0.0278. The lowest BCUT2D eigenvalue weighted by atomic mass is 9.86. The van der Waals surface area contributed by atoms with Crippen LogP contribution in [0.2, 0.25) is 0 Å². The summed E-state index contributed by atoms with van der Waals surface area (Å²) < 4.78 is 5.40. The minimum atomic E-state index is -0.0970. The van der Waals surface area contributed by atoms with E-state index in [2.05, 4.69) is 31.4 Å². The number of ether oxygens (including phenoxy) is 1. The second kappa shape index (κ2) is 6.06. The number of hydrogen-bond donors (Lipinski definition) is 2. The molecule has 20 heavy (non-hydrogen) atoms. The average Bonchev–Trinajstić information content (AvgIpc) is 2.91. The maximum absolute atomic E-state index is 12.1. The molecular weight excluding hydrogens is 272 g/mol. The highest BCUT2D eigenvalue weighted by atomic mass is 32.2. The van der Waals surface area contributed by atoms with Gasteiger partial charge in [-0.1, -0.05) is 20.8 Å². The number of benzene rings is 1. The first-order valence-electron chi connectivity index (χ1n) is 6.72. The van der Waals surface area contributed by atoms with Gasteiger partial charge in [-0.05, 0) is 23.6 Å². The second-order valence-electron chi connectivity index (χ2n) is 5.93. The fraction of sp³-hybridized carbons (Fsp3) is 0.533. The van der Waals surface area contributed by atoms with Crippen molar-refractivity contribution in [3.05, 3.63) is 23.8 Å². The number of amides is 1. The Morgan fingerprint density at radius 3 is 2.75 bits per heavy atom. The number of carbonyl (C=O) groups excluding carboxylic acids is 1. The number of anilines is 1. The number of hydrogen-bond acceptors (Lipinski definition) is 4. The van der Waals surface area contributed by atoms with Crippen LogP contribution in [-0.2, 0) is 10.2 Å². The summed E-state index contributed by atoms with van der Waals surface area (Å²) in [7, 11) is 1.67. The topological polar surface area (TPSA) is 50.4 Å². The lowest BCUT2D eigenvalue weighted by Gasteiger charge is -2.23. The van der Waals surface area contributed by atoms with Crippen molar-refractivity contribution in [2.75, 3.05) is 24.1 Å². The molecule has 1 saturated heterocycles. The van der Waals surface area contributed by atoms with Crippen LogP contribution >= 0.6 is 11.8 Å². The van der Waals surface area contributed by atoms with Gasteiger partial charge in [0.1, 0.15) is 5.75 Å². The van der Waals surface area contributed by atoms with Crippen LogP contribution in [0.15, 0.2) is 18.2 Å². The minimum Gasteiger partial charge on any atom is -0.496 e. The van der Waals surface area contributed by atoms with Crippen molar-refractivity contribution in [1.29, 1.82) is 0 Å². The van der Waals surface area contributed by atoms with Crippen molar-refractivity contribution in [2.24, 2.45) is 0 Å². The summed E-state index contributed by atoms with van der Waals surface area (Å²) in [6, 6.07) is 5.69. The molecule has 1 unspecified atom stereocenters. The molecule has 0 saturated carbocycles. The van der Waals surface area contributed by atoms with E-state index in [-0.39, 0.29) is 17.4 Å². The Bertz CT molecular complexity index is 491. The summed E-state index contributed by atoms with van der Waals surface area (Å²) in [6.07, 6.45) is 0. The predicted molar refractivity (Wildman–Crippen MR) is 84.6 cm³/mol. The zero-order valence-electron chi connectivity index (χ0n) is 12.4. The van der Waals surface area contributed by atoms with Crippen LogP contribution < -0.4 is 15.4 Å². The van der Waals surface area contributed by atoms with E-state index in [9.17, 15) is 4.79 Å². The van der Waals surface area contributed by atoms with Crippen LogP contribution in [0, 0.1) is 0 Å². The van der Waals surface area contributed by atoms with E-state index < -0.39 is 0 Å². The Labute approximate surface area is 124 Å². The van der Waals surface area contributed by atoms with Crippen LogP contribution in [0.25, 0.3) is 0 Å². The van der Waals surface area contributed by atoms with Gasteiger partial charge in [-0.2, -0.15) is 0 Å². The molecule has 1 fully saturated rings. The Morgan fingerprint density at radius 2 is 2.20 bits per heavy atom. The molecule has 0 spiro atoms. The second-order valence-corrected chi connectivity index (χ2v) is 6.96. The van der Waals surface area contributed by atoms with Crippen molar-refractivity contribution in [3.8, 4) is 5.75 Å². The van der Waals surface area contributed by atoms with Crippen molar-refractivity contribution in [2.45, 2.75) is 32.2 Å². The third-order valence-corrected chi connectivity index (χ3v) is 4.25. The molecule has 0 aliphatic carbocycles. The highest BCUT2D eigenvalue weighted by Crippen LogP contribution is 2.33. The monoisotopic (exact) mass is 294 g/mol. The normalized spacial score (nSPS) is 18.9. The first-order chi connectivity index (χ1) is 9.41. The molecule has 5 heteroatoms. The smallest absolute Gasteiger partial charge is 0.242 e. The molecule has 1 atom stereocenters. The standard InChI is InChI=1S/C15H22N2O2S/c1-15(2,3)11-7-10(5-6-13(11)19-4)17-14(18)12-8-20-9-16-12/h5-7,12,16H,8-9H2,1-4H3,(H,17,18). The van der Waals surface area contributed by atoms with E-state index in [1.807, 2.05) is 18.2 Å². The van der Waals surface area contributed by atoms with Gasteiger partial charge in [0.25, 0.3) is 0 Å². The van der Waals surface area contributed by atoms with E-state index in [0.717, 1.165) is 28.6 Å². The highest BCUT2D eigenvalue weighted by Gasteiger charge is 2.24. The van der Waals surface area contributed by atoms with Gasteiger partial charge < -0.3 is 10.1 Å². The van der Waals surface area contributed by atoms with Gasteiger partial charge in [0.05, 0.1) is 13.2 Å². The Morgan fingerprint density at radius 1 is 1.45 bits per heavy atom. The average molecular weight is 294 g/mol. The highest BCUT2D eigenvalue weighted by molar-refractivity contribution is 7.99. The summed E-state index contributed by atoms with van der Waals surface area (Å²) >= 11 is 1.74. The van der Waals surface area contributed by atoms with Crippen LogP contribution in [0.3, 0.4) is 0 Å². The fourth-order valence-corrected chi connectivity index (χ4v) is 3.11. The zero-order chi connectivity index (χ0) is 14.8. The van der Waals surface area contributed by atoms with Gasteiger partial charge in [-0.15, -0.1) is 11.8 Å². The third kappa shape index (κ3) is 3.46. The zero-order valence-corrected chi connectivity index (χ0v) is 13.3. The fourth-order valence-electron chi connectivity index (χ4n) is 2.16. The largest absolute Gasteiger partial charge is 0.496 e. The predicted octanol–water partition coefficient (Wildman–Crippen LogP) is 2.59. The summed E-state index contributed by atoms with van der Waals surface area (Å²) in [5.74, 6) is 2.55. The van der Waals surface area contributed by atoms with E-state index in [1.165, 1.54) is 0 Å². The van der Waals surface area contributed by atoms with Gasteiger partial charge in [0.15, 0.2) is 0 Å². The van der Waals surface area contributed by atoms with Crippen LogP contribution in [0.5, 0.6) is 5.75 Å². The lowest BCUT2D eigenvalue weighted by Crippen LogP contribution is -2.37. The number of nitrogens with one attached hydrogen (secondary N) is 2. The van der Waals surface area contributed by atoms with E-state index in [4.69, 9.17) is 4.74 Å². The van der Waals surface area contributed by atoms with Crippen LogP contribution in [0.1, 0.15) is 26.3 Å². The first kappa shape index (κ1) is 15.2. The molecule has 0 aromatic heterocycles. The number of methoxy groups -OCH3 is 1. The molecule has 1 aromatic carbocycles. The maximum atomic E-state index is 12.1. The SMILES string of the molecule is COc1ccc(NC(=O)C2CSCN2)cc1C(C)(C)C. The van der Waals surface area contributed by atoms with Crippen molar-refractivity contribution >= 4 is 23.4 Å². The van der Waals surface area contributed by atoms with Gasteiger partial charge in [0.2, 0.25) is 5.91 Å². The van der Waals surface area contributed by atoms with Crippen molar-refractivity contribution in [1.82, 2.24) is 5.32 Å². The van der Waals surface area contributed by atoms with Crippen molar-refractivity contribution in [3.63, 3.8) is 0 Å². The molecule has 0 bridgehead atoms. The van der Waals surface area contributed by atoms with Crippen LogP contribution in [-0.4, -0.2) is 30.7 Å². The molecule has 1 heterocycles. The van der Waals surface area contributed by atoms with Gasteiger partial charge in [-0.25, -0.2) is 0 Å². The summed E-state index contributed by atoms with van der Waals surface area (Å²) in [4.78, 5) is 12.1. The summed E-state index contributed by atoms with van der Waals surface area (Å²) in [6.45, 7) is 6.39. The van der Waals surface area contributed by atoms with Gasteiger partial charge in [0, 0.05) is 22.9 Å². The molecule has 0 radical (unpaired) electrons. The quantitative estimate of drug-likeness (QED) is 0.899. The van der Waals surface area contributed by atoms with Crippen LogP contribution in [0.4, 0.5) is 5.69 Å². The maximum Gasteiger partial charge on any atom is 0.242 e. The lowest BCUT2D eigenvalue weighted by molar-refractivity contribution is -0.117.